The molecule has 0 bridgehead atoms. The second-order valence-corrected chi connectivity index (χ2v) is 1.11. The van der Waals surface area contributed by atoms with E-state index in [0.29, 0.717) is 12.5 Å². The molecular formula is C3H11N5. The van der Waals surface area contributed by atoms with E-state index in [2.05, 4.69) is 15.8 Å². The van der Waals surface area contributed by atoms with Crippen molar-refractivity contribution in [2.75, 3.05) is 6.54 Å². The minimum Gasteiger partial charge on any atom is -0.293 e. The van der Waals surface area contributed by atoms with Gasteiger partial charge in [-0.1, -0.05) is 0 Å². The third-order valence-electron chi connectivity index (χ3n) is 0.590. The van der Waals surface area contributed by atoms with Crippen molar-refractivity contribution in [1.29, 1.82) is 0 Å². The summed E-state index contributed by atoms with van der Waals surface area (Å²) >= 11 is 0. The number of guanidine groups is 1. The highest BCUT2D eigenvalue weighted by molar-refractivity contribution is 5.78. The summed E-state index contributed by atoms with van der Waals surface area (Å²) in [5, 5.41) is 0. The summed E-state index contributed by atoms with van der Waals surface area (Å²) in [6, 6.07) is 0. The fourth-order valence-electron chi connectivity index (χ4n) is 0.291. The number of nitrogens with two attached hydrogens (primary N) is 2. The molecule has 5 nitrogen and oxygen atoms in total. The summed E-state index contributed by atoms with van der Waals surface area (Å²) < 4.78 is 0. The van der Waals surface area contributed by atoms with E-state index in [1.54, 1.807) is 0 Å². The SMILES string of the molecule is CCN=C(NN)NN. The van der Waals surface area contributed by atoms with Gasteiger partial charge in [-0.15, -0.1) is 0 Å². The first-order chi connectivity index (χ1) is 3.85. The number of hydrogen-bond acceptors (Lipinski definition) is 3. The van der Waals surface area contributed by atoms with E-state index < -0.39 is 0 Å². The highest BCUT2D eigenvalue weighted by atomic mass is 15.4. The van der Waals surface area contributed by atoms with E-state index in [0.717, 1.165) is 0 Å². The lowest BCUT2D eigenvalue weighted by atomic mass is 10.8. The van der Waals surface area contributed by atoms with E-state index in [1.807, 2.05) is 6.92 Å². The quantitative estimate of drug-likeness (QED) is 0.142. The monoisotopic (exact) mass is 117 g/mol. The number of rotatable bonds is 1. The van der Waals surface area contributed by atoms with Gasteiger partial charge in [0.15, 0.2) is 0 Å². The Balaban J connectivity index is 3.49. The molecule has 0 atom stereocenters. The zero-order valence-electron chi connectivity index (χ0n) is 4.81. The smallest absolute Gasteiger partial charge is 0.220 e. The van der Waals surface area contributed by atoms with Crippen molar-refractivity contribution in [1.82, 2.24) is 10.9 Å². The van der Waals surface area contributed by atoms with Crippen molar-refractivity contribution in [3.8, 4) is 0 Å². The maximum atomic E-state index is 4.95. The minimum absolute atomic E-state index is 0.396. The summed E-state index contributed by atoms with van der Waals surface area (Å²) in [6.07, 6.45) is 0. The van der Waals surface area contributed by atoms with E-state index in [1.165, 1.54) is 0 Å². The van der Waals surface area contributed by atoms with Crippen molar-refractivity contribution < 1.29 is 0 Å². The number of nitrogens with zero attached hydrogens (tertiary/aromatic N) is 1. The highest BCUT2D eigenvalue weighted by Gasteiger charge is 1.83. The highest BCUT2D eigenvalue weighted by Crippen LogP contribution is 1.63. The van der Waals surface area contributed by atoms with Gasteiger partial charge < -0.3 is 0 Å². The van der Waals surface area contributed by atoms with Crippen molar-refractivity contribution in [3.63, 3.8) is 0 Å². The third kappa shape index (κ3) is 2.38. The summed E-state index contributed by atoms with van der Waals surface area (Å²) in [6.45, 7) is 2.54. The van der Waals surface area contributed by atoms with E-state index in [-0.39, 0.29) is 0 Å². The molecule has 0 aliphatic carbocycles. The molecule has 0 aromatic rings. The predicted molar refractivity (Wildman–Crippen MR) is 32.6 cm³/mol. The molecule has 48 valence electrons. The average Bonchev–Trinajstić information content (AvgIpc) is 1.83. The van der Waals surface area contributed by atoms with Crippen molar-refractivity contribution in [2.45, 2.75) is 6.92 Å². The Hall–Kier alpha value is -0.810. The fraction of sp³-hybridized carbons (Fsp3) is 0.667. The molecular weight excluding hydrogens is 106 g/mol. The number of hydrazine groups is 2. The molecule has 0 aliphatic rings. The van der Waals surface area contributed by atoms with Crippen LogP contribution in [0.4, 0.5) is 0 Å². The van der Waals surface area contributed by atoms with Gasteiger partial charge in [-0.3, -0.25) is 15.8 Å². The predicted octanol–water partition coefficient (Wildman–Crippen LogP) is -1.71. The van der Waals surface area contributed by atoms with Crippen LogP contribution in [0.1, 0.15) is 6.92 Å². The van der Waals surface area contributed by atoms with Crippen molar-refractivity contribution >= 4 is 5.96 Å². The zero-order chi connectivity index (χ0) is 6.41. The van der Waals surface area contributed by atoms with Gasteiger partial charge in [0.25, 0.3) is 0 Å². The van der Waals surface area contributed by atoms with Gasteiger partial charge in [0.2, 0.25) is 5.96 Å². The number of nitrogens with one attached hydrogen (secondary N) is 2. The van der Waals surface area contributed by atoms with Crippen LogP contribution in [0, 0.1) is 0 Å². The van der Waals surface area contributed by atoms with Crippen LogP contribution in [0.5, 0.6) is 0 Å². The van der Waals surface area contributed by atoms with E-state index >= 15 is 0 Å². The van der Waals surface area contributed by atoms with Gasteiger partial charge in [-0.2, -0.15) is 0 Å². The molecule has 0 heterocycles. The molecule has 0 radical (unpaired) electrons. The molecule has 0 saturated carbocycles. The Labute approximate surface area is 48.1 Å². The van der Waals surface area contributed by atoms with E-state index in [9.17, 15) is 0 Å². The van der Waals surface area contributed by atoms with Gasteiger partial charge >= 0.3 is 0 Å². The number of aliphatic imine (C=N–C) groups is 1. The number of hydrogen-bond donors (Lipinski definition) is 4. The van der Waals surface area contributed by atoms with Crippen LogP contribution in [-0.4, -0.2) is 12.5 Å². The van der Waals surface area contributed by atoms with Crippen LogP contribution >= 0.6 is 0 Å². The molecule has 5 heteroatoms. The second-order valence-electron chi connectivity index (χ2n) is 1.11. The van der Waals surface area contributed by atoms with Crippen LogP contribution in [0.25, 0.3) is 0 Å². The molecule has 6 N–H and O–H groups in total. The van der Waals surface area contributed by atoms with Gasteiger partial charge in [-0.25, -0.2) is 11.7 Å². The molecule has 8 heavy (non-hydrogen) atoms. The molecule has 0 unspecified atom stereocenters. The largest absolute Gasteiger partial charge is 0.293 e. The maximum Gasteiger partial charge on any atom is 0.220 e. The topological polar surface area (TPSA) is 88.5 Å². The molecule has 0 rings (SSSR count). The molecule has 0 aromatic heterocycles. The first kappa shape index (κ1) is 7.19. The first-order valence-electron chi connectivity index (χ1n) is 2.32. The standard InChI is InChI=1S/C3H11N5/c1-2-6-3(7-4)8-5/h2,4-5H2,1H3,(H2,6,7,8). The van der Waals surface area contributed by atoms with Crippen LogP contribution < -0.4 is 22.5 Å². The van der Waals surface area contributed by atoms with Gasteiger partial charge in [0, 0.05) is 6.54 Å². The minimum atomic E-state index is 0.396. The van der Waals surface area contributed by atoms with Crippen LogP contribution in [0.2, 0.25) is 0 Å². The Morgan fingerprint density at radius 1 is 1.50 bits per heavy atom. The summed E-state index contributed by atoms with van der Waals surface area (Å²) in [4.78, 5) is 3.81. The molecule has 0 spiro atoms. The maximum absolute atomic E-state index is 4.95. The molecule has 0 aliphatic heterocycles. The lowest BCUT2D eigenvalue weighted by Crippen LogP contribution is -2.45. The lowest BCUT2D eigenvalue weighted by molar-refractivity contribution is 0.876. The van der Waals surface area contributed by atoms with Gasteiger partial charge in [0.05, 0.1) is 0 Å². The molecule has 0 saturated heterocycles. The molecule has 0 fully saturated rings. The van der Waals surface area contributed by atoms with Crippen LogP contribution in [-0.2, 0) is 0 Å². The Morgan fingerprint density at radius 3 is 2.12 bits per heavy atom. The first-order valence-corrected chi connectivity index (χ1v) is 2.32. The average molecular weight is 117 g/mol. The Morgan fingerprint density at radius 2 is 2.00 bits per heavy atom. The summed E-state index contributed by atoms with van der Waals surface area (Å²) in [5.74, 6) is 10.3. The van der Waals surface area contributed by atoms with Crippen molar-refractivity contribution in [2.24, 2.45) is 16.7 Å². The van der Waals surface area contributed by atoms with Crippen LogP contribution in [0.3, 0.4) is 0 Å². The molecule has 0 amide bonds. The summed E-state index contributed by atoms with van der Waals surface area (Å²) in [7, 11) is 0. The van der Waals surface area contributed by atoms with Gasteiger partial charge in [-0.05, 0) is 6.92 Å². The van der Waals surface area contributed by atoms with Crippen molar-refractivity contribution in [3.05, 3.63) is 0 Å². The fourth-order valence-corrected chi connectivity index (χ4v) is 0.291. The Bertz CT molecular complexity index is 71.7. The van der Waals surface area contributed by atoms with E-state index in [4.69, 9.17) is 11.7 Å². The molecule has 0 aromatic carbocycles. The second kappa shape index (κ2) is 4.35. The Kier molecular flexibility index (Phi) is 3.91. The third-order valence-corrected chi connectivity index (χ3v) is 0.590. The van der Waals surface area contributed by atoms with Crippen LogP contribution in [0.15, 0.2) is 4.99 Å². The summed E-state index contributed by atoms with van der Waals surface area (Å²) in [5.41, 5.74) is 4.53. The lowest BCUT2D eigenvalue weighted by Gasteiger charge is -2.00. The normalized spacial score (nSPS) is 7.88. The van der Waals surface area contributed by atoms with Gasteiger partial charge in [0.1, 0.15) is 0 Å². The zero-order valence-corrected chi connectivity index (χ0v) is 4.81.